The first-order valence-electron chi connectivity index (χ1n) is 7.27. The summed E-state index contributed by atoms with van der Waals surface area (Å²) in [6.07, 6.45) is 4.52. The van der Waals surface area contributed by atoms with Crippen LogP contribution in [0.4, 0.5) is 5.69 Å². The fourth-order valence-electron chi connectivity index (χ4n) is 2.66. The summed E-state index contributed by atoms with van der Waals surface area (Å²) in [5.74, 6) is 0. The summed E-state index contributed by atoms with van der Waals surface area (Å²) in [6.45, 7) is 4.08. The maximum Gasteiger partial charge on any atom is 0.258 e. The zero-order valence-electron chi connectivity index (χ0n) is 12.9. The van der Waals surface area contributed by atoms with E-state index in [-0.39, 0.29) is 4.75 Å². The van der Waals surface area contributed by atoms with E-state index in [2.05, 4.69) is 4.98 Å². The van der Waals surface area contributed by atoms with Crippen molar-refractivity contribution < 1.29 is 4.74 Å². The normalized spacial score (nSPS) is 20.8. The van der Waals surface area contributed by atoms with Crippen LogP contribution in [-0.4, -0.2) is 31.2 Å². The van der Waals surface area contributed by atoms with E-state index < -0.39 is 6.17 Å². The van der Waals surface area contributed by atoms with Gasteiger partial charge in [0.15, 0.2) is 6.21 Å². The molecule has 118 valence electrons. The van der Waals surface area contributed by atoms with Crippen LogP contribution in [0.1, 0.15) is 19.4 Å². The van der Waals surface area contributed by atoms with E-state index >= 15 is 0 Å². The van der Waals surface area contributed by atoms with E-state index in [1.54, 1.807) is 30.4 Å². The Morgan fingerprint density at radius 3 is 2.65 bits per heavy atom. The molecule has 1 atom stereocenters. The van der Waals surface area contributed by atoms with Gasteiger partial charge in [0.2, 0.25) is 0 Å². The quantitative estimate of drug-likeness (QED) is 0.280. The van der Waals surface area contributed by atoms with Crippen molar-refractivity contribution in [1.29, 1.82) is 0 Å². The molecule has 23 heavy (non-hydrogen) atoms. The molecule has 4 nitrogen and oxygen atoms in total. The summed E-state index contributed by atoms with van der Waals surface area (Å²) in [4.78, 5) is 5.98. The summed E-state index contributed by atoms with van der Waals surface area (Å²) in [5, 5.41) is 12.9. The van der Waals surface area contributed by atoms with E-state index in [0.29, 0.717) is 4.32 Å². The predicted molar refractivity (Wildman–Crippen MR) is 100 cm³/mol. The van der Waals surface area contributed by atoms with Crippen molar-refractivity contribution in [2.45, 2.75) is 24.8 Å². The molecule has 0 radical (unpaired) electrons. The molecule has 1 unspecified atom stereocenters. The fraction of sp³-hybridized carbons (Fsp3) is 0.235. The summed E-state index contributed by atoms with van der Waals surface area (Å²) in [6, 6.07) is 13.5. The first-order valence-corrected chi connectivity index (χ1v) is 8.49. The summed E-state index contributed by atoms with van der Waals surface area (Å²) in [7, 11) is 0. The highest BCUT2D eigenvalue weighted by Crippen LogP contribution is 2.43. The summed E-state index contributed by atoms with van der Waals surface area (Å²) >= 11 is 7.08. The van der Waals surface area contributed by atoms with Crippen LogP contribution >= 0.6 is 24.0 Å². The third-order valence-corrected chi connectivity index (χ3v) is 5.20. The molecule has 2 aromatic rings. The summed E-state index contributed by atoms with van der Waals surface area (Å²) < 4.78 is 1.37. The Morgan fingerprint density at radius 1 is 1.26 bits per heavy atom. The van der Waals surface area contributed by atoms with Gasteiger partial charge in [-0.15, -0.1) is 0 Å². The third kappa shape index (κ3) is 3.23. The van der Waals surface area contributed by atoms with Crippen LogP contribution in [0, 0.1) is 5.21 Å². The molecule has 1 aromatic carbocycles. The van der Waals surface area contributed by atoms with Crippen LogP contribution in [-0.2, 0) is 0 Å². The molecule has 0 bridgehead atoms. The average Bonchev–Trinajstić information content (AvgIpc) is 2.78. The number of pyridine rings is 1. The van der Waals surface area contributed by atoms with E-state index in [0.717, 1.165) is 16.0 Å². The number of hydrogen-bond donors (Lipinski definition) is 0. The number of para-hydroxylation sites is 1. The predicted octanol–water partition coefficient (Wildman–Crippen LogP) is 3.65. The van der Waals surface area contributed by atoms with Crippen molar-refractivity contribution in [3.63, 3.8) is 0 Å². The highest BCUT2D eigenvalue weighted by molar-refractivity contribution is 8.24. The van der Waals surface area contributed by atoms with Crippen LogP contribution in [0.25, 0.3) is 0 Å². The number of hydroxylamine groups is 1. The Kier molecular flexibility index (Phi) is 4.37. The number of rotatable bonds is 3. The molecule has 0 N–H and O–H groups in total. The molecule has 0 amide bonds. The maximum absolute atomic E-state index is 12.9. The van der Waals surface area contributed by atoms with Gasteiger partial charge in [-0.3, -0.25) is 9.88 Å². The zero-order valence-corrected chi connectivity index (χ0v) is 14.6. The van der Waals surface area contributed by atoms with Crippen LogP contribution in [0.2, 0.25) is 0 Å². The van der Waals surface area contributed by atoms with E-state index in [4.69, 9.17) is 12.2 Å². The number of benzene rings is 1. The van der Waals surface area contributed by atoms with Gasteiger partial charge in [0.1, 0.15) is 9.07 Å². The van der Waals surface area contributed by atoms with Gasteiger partial charge >= 0.3 is 0 Å². The van der Waals surface area contributed by atoms with Crippen molar-refractivity contribution in [2.24, 2.45) is 0 Å². The first-order chi connectivity index (χ1) is 11.0. The minimum Gasteiger partial charge on any atom is -0.622 e. The molecule has 1 aliphatic heterocycles. The second kappa shape index (κ2) is 6.29. The van der Waals surface area contributed by atoms with Crippen molar-refractivity contribution in [2.75, 3.05) is 4.90 Å². The standard InChI is InChI=1S/C17H17N3OS2/c1-17(2)15(19(21)12-13-7-6-10-18-11-13)20(16(22)23-17)14-8-4-3-5-9-14/h3-12,15H,1-2H3/b19-12-. The lowest BCUT2D eigenvalue weighted by Crippen LogP contribution is -2.48. The number of thioether (sulfide) groups is 1. The van der Waals surface area contributed by atoms with E-state index in [9.17, 15) is 5.21 Å². The van der Waals surface area contributed by atoms with Crippen LogP contribution in [0.3, 0.4) is 0 Å². The van der Waals surface area contributed by atoms with Crippen LogP contribution in [0.15, 0.2) is 54.9 Å². The monoisotopic (exact) mass is 343 g/mol. The second-order valence-electron chi connectivity index (χ2n) is 5.83. The first kappa shape index (κ1) is 16.0. The van der Waals surface area contributed by atoms with Gasteiger partial charge in [-0.05, 0) is 38.1 Å². The lowest BCUT2D eigenvalue weighted by Gasteiger charge is -2.29. The SMILES string of the molecule is CC1(C)SC(=S)N(c2ccccc2)C1/[N+]([O-])=C/c1cccnc1. The highest BCUT2D eigenvalue weighted by atomic mass is 32.2. The minimum absolute atomic E-state index is 0.326. The molecule has 0 aliphatic carbocycles. The Bertz CT molecular complexity index is 732. The molecule has 1 saturated heterocycles. The lowest BCUT2D eigenvalue weighted by atomic mass is 10.1. The van der Waals surface area contributed by atoms with Gasteiger partial charge in [0, 0.05) is 18.1 Å². The van der Waals surface area contributed by atoms with Crippen LogP contribution in [0.5, 0.6) is 0 Å². The second-order valence-corrected chi connectivity index (χ2v) is 8.11. The van der Waals surface area contributed by atoms with Crippen molar-refractivity contribution >= 4 is 40.2 Å². The zero-order chi connectivity index (χ0) is 16.4. The largest absolute Gasteiger partial charge is 0.622 e. The summed E-state index contributed by atoms with van der Waals surface area (Å²) in [5.41, 5.74) is 1.70. The van der Waals surface area contributed by atoms with Gasteiger partial charge in [0.05, 0.1) is 5.56 Å². The molecule has 1 fully saturated rings. The average molecular weight is 343 g/mol. The number of thiocarbonyl (C=S) groups is 1. The molecule has 6 heteroatoms. The topological polar surface area (TPSA) is 42.2 Å². The van der Waals surface area contributed by atoms with E-state index in [1.807, 2.05) is 61.2 Å². The molecule has 1 aliphatic rings. The van der Waals surface area contributed by atoms with Crippen molar-refractivity contribution in [3.05, 3.63) is 65.6 Å². The van der Waals surface area contributed by atoms with Gasteiger partial charge < -0.3 is 5.21 Å². The number of nitrogens with zero attached hydrogens (tertiary/aromatic N) is 3. The smallest absolute Gasteiger partial charge is 0.258 e. The molecule has 0 spiro atoms. The Balaban J connectivity index is 2.02. The molecule has 0 saturated carbocycles. The number of anilines is 1. The Hall–Kier alpha value is -1.92. The van der Waals surface area contributed by atoms with Gasteiger partial charge in [-0.1, -0.05) is 42.2 Å². The highest BCUT2D eigenvalue weighted by Gasteiger charge is 2.51. The van der Waals surface area contributed by atoms with Gasteiger partial charge in [-0.25, -0.2) is 0 Å². The molecular formula is C17H17N3OS2. The Labute approximate surface area is 145 Å². The molecule has 3 rings (SSSR count). The van der Waals surface area contributed by atoms with Crippen molar-refractivity contribution in [3.8, 4) is 0 Å². The van der Waals surface area contributed by atoms with Gasteiger partial charge in [-0.2, -0.15) is 4.74 Å². The number of hydrogen-bond acceptors (Lipinski definition) is 4. The maximum atomic E-state index is 12.9. The molecule has 1 aromatic heterocycles. The van der Waals surface area contributed by atoms with Gasteiger partial charge in [0.25, 0.3) is 6.17 Å². The Morgan fingerprint density at radius 2 is 2.00 bits per heavy atom. The van der Waals surface area contributed by atoms with Crippen LogP contribution < -0.4 is 4.90 Å². The van der Waals surface area contributed by atoms with Crippen molar-refractivity contribution in [1.82, 2.24) is 4.98 Å². The molecule has 2 heterocycles. The molecular weight excluding hydrogens is 326 g/mol. The fourth-order valence-corrected chi connectivity index (χ4v) is 4.58. The number of aromatic nitrogens is 1. The lowest BCUT2D eigenvalue weighted by molar-refractivity contribution is -0.497. The third-order valence-electron chi connectivity index (χ3n) is 3.65. The minimum atomic E-state index is -0.414. The van der Waals surface area contributed by atoms with E-state index in [1.165, 1.54) is 0 Å².